The molecule has 2 aliphatic carbocycles. The SMILES string of the molecule is CC[NH2+]C(COC1CC(C2CC(O)CC(CCC3CCC(O)C(OCNCC(C)O)C3)O2)CC(OC)C1O)C(CC(=O)[O-])CC1CC[NH2+]C(N)C1. The van der Waals surface area contributed by atoms with Crippen molar-refractivity contribution < 1.29 is 59.9 Å². The third kappa shape index (κ3) is 14.0. The number of nitrogens with two attached hydrogens (primary N) is 3. The number of carboxylic acid groups (broad SMARTS) is 1. The fourth-order valence-electron chi connectivity index (χ4n) is 9.27. The molecule has 14 nitrogen and oxygen atoms in total. The third-order valence-electron chi connectivity index (χ3n) is 12.0. The molecule has 51 heavy (non-hydrogen) atoms. The van der Waals surface area contributed by atoms with Gasteiger partial charge < -0.3 is 59.9 Å². The topological polar surface area (TPSA) is 229 Å². The first kappa shape index (κ1) is 42.7. The Kier molecular flexibility index (Phi) is 18.2. The number of likely N-dealkylation sites (N-methyl/N-ethyl adjacent to an activating group) is 1. The number of aliphatic carboxylic acids is 1. The molecule has 2 saturated heterocycles. The van der Waals surface area contributed by atoms with E-state index in [1.165, 1.54) is 0 Å². The lowest BCUT2D eigenvalue weighted by Gasteiger charge is -2.44. The van der Waals surface area contributed by atoms with Crippen molar-refractivity contribution in [2.75, 3.05) is 40.1 Å². The minimum absolute atomic E-state index is 0.0187. The first-order chi connectivity index (χ1) is 24.4. The summed E-state index contributed by atoms with van der Waals surface area (Å²) >= 11 is 0. The van der Waals surface area contributed by atoms with Crippen molar-refractivity contribution in [2.45, 2.75) is 164 Å². The smallest absolute Gasteiger partial charge is 0.137 e. The Morgan fingerprint density at radius 3 is 2.51 bits per heavy atom. The van der Waals surface area contributed by atoms with Gasteiger partial charge in [0.1, 0.15) is 18.3 Å². The minimum Gasteiger partial charge on any atom is -0.550 e. The van der Waals surface area contributed by atoms with E-state index < -0.39 is 42.6 Å². The van der Waals surface area contributed by atoms with Crippen molar-refractivity contribution in [1.29, 1.82) is 0 Å². The fourth-order valence-corrected chi connectivity index (χ4v) is 9.27. The molecule has 2 heterocycles. The summed E-state index contributed by atoms with van der Waals surface area (Å²) in [7, 11) is 1.60. The fraction of sp³-hybridized carbons (Fsp3) is 0.973. The average molecular weight is 732 g/mol. The van der Waals surface area contributed by atoms with Crippen molar-refractivity contribution in [3.8, 4) is 0 Å². The number of aliphatic hydroxyl groups excluding tert-OH is 4. The number of hydrogen-bond donors (Lipinski definition) is 8. The molecule has 11 N–H and O–H groups in total. The van der Waals surface area contributed by atoms with E-state index in [9.17, 15) is 30.3 Å². The lowest BCUT2D eigenvalue weighted by Crippen LogP contribution is -2.94. The van der Waals surface area contributed by atoms with Gasteiger partial charge in [-0.15, -0.1) is 0 Å². The lowest BCUT2D eigenvalue weighted by atomic mass is 9.77. The van der Waals surface area contributed by atoms with Gasteiger partial charge in [-0.1, -0.05) is 0 Å². The van der Waals surface area contributed by atoms with Gasteiger partial charge in [0.25, 0.3) is 0 Å². The number of carbonyl (C=O) groups is 1. The van der Waals surface area contributed by atoms with Gasteiger partial charge in [0.2, 0.25) is 0 Å². The van der Waals surface area contributed by atoms with Gasteiger partial charge in [-0.05, 0) is 109 Å². The van der Waals surface area contributed by atoms with Crippen LogP contribution >= 0.6 is 0 Å². The molecule has 14 heteroatoms. The molecule has 0 spiro atoms. The van der Waals surface area contributed by atoms with E-state index in [1.807, 2.05) is 6.92 Å². The number of ether oxygens (including phenoxy) is 4. The molecule has 4 aliphatic rings. The Balaban J connectivity index is 1.32. The number of nitrogens with one attached hydrogen (secondary N) is 1. The monoisotopic (exact) mass is 732 g/mol. The van der Waals surface area contributed by atoms with Crippen LogP contribution in [0.2, 0.25) is 0 Å². The zero-order valence-electron chi connectivity index (χ0n) is 31.4. The van der Waals surface area contributed by atoms with E-state index in [-0.39, 0.29) is 55.5 Å². The number of piperidine rings is 1. The first-order valence-electron chi connectivity index (χ1n) is 19.9. The van der Waals surface area contributed by atoms with Crippen molar-refractivity contribution in [3.05, 3.63) is 0 Å². The highest BCUT2D eigenvalue weighted by atomic mass is 16.5. The van der Waals surface area contributed by atoms with E-state index in [0.29, 0.717) is 57.1 Å². The standard InChI is InChI=1S/C37H70N4O10/c1-4-40-29(25(16-36(45)46)11-24-9-10-41-35(38)13-24)20-49-34-15-26(14-33(48-3)37(34)47)31-18-27(43)17-28(51-31)7-5-23-6-8-30(44)32(12-23)50-21-39-19-22(2)42/h22-35,37,39-44,47H,4-21,38H2,1-3H3,(H,45,46)/p+1. The van der Waals surface area contributed by atoms with Gasteiger partial charge in [0, 0.05) is 32.0 Å². The van der Waals surface area contributed by atoms with E-state index in [2.05, 4.69) is 16.0 Å². The summed E-state index contributed by atoms with van der Waals surface area (Å²) in [6.45, 7) is 6.50. The normalized spacial score (nSPS) is 38.2. The van der Waals surface area contributed by atoms with Crippen LogP contribution in [0, 0.1) is 23.7 Å². The van der Waals surface area contributed by atoms with Crippen LogP contribution in [0.3, 0.4) is 0 Å². The molecule has 15 atom stereocenters. The second-order valence-electron chi connectivity index (χ2n) is 16.2. The molecule has 0 bridgehead atoms. The van der Waals surface area contributed by atoms with Crippen LogP contribution in [0.25, 0.3) is 0 Å². The molecule has 2 aliphatic heterocycles. The molecule has 4 rings (SSSR count). The quantitative estimate of drug-likeness (QED) is 0.0488. The van der Waals surface area contributed by atoms with Gasteiger partial charge in [0.05, 0.1) is 75.3 Å². The second-order valence-corrected chi connectivity index (χ2v) is 16.2. The third-order valence-corrected chi connectivity index (χ3v) is 12.0. The van der Waals surface area contributed by atoms with Crippen molar-refractivity contribution in [3.63, 3.8) is 0 Å². The predicted octanol–water partition coefficient (Wildman–Crippen LogP) is -2.32. The minimum atomic E-state index is -1.06. The Morgan fingerprint density at radius 1 is 1.02 bits per heavy atom. The predicted molar refractivity (Wildman–Crippen MR) is 187 cm³/mol. The van der Waals surface area contributed by atoms with Crippen molar-refractivity contribution >= 4 is 5.97 Å². The summed E-state index contributed by atoms with van der Waals surface area (Å²) in [6, 6.07) is -0.105. The zero-order chi connectivity index (χ0) is 36.9. The summed E-state index contributed by atoms with van der Waals surface area (Å²) in [5.74, 6) is -0.436. The van der Waals surface area contributed by atoms with Gasteiger partial charge in [-0.3, -0.25) is 11.1 Å². The molecule has 298 valence electrons. The highest BCUT2D eigenvalue weighted by Crippen LogP contribution is 2.39. The highest BCUT2D eigenvalue weighted by Gasteiger charge is 2.44. The van der Waals surface area contributed by atoms with Crippen LogP contribution in [0.15, 0.2) is 0 Å². The Morgan fingerprint density at radius 2 is 1.80 bits per heavy atom. The van der Waals surface area contributed by atoms with E-state index >= 15 is 0 Å². The van der Waals surface area contributed by atoms with Gasteiger partial charge in [-0.25, -0.2) is 0 Å². The number of rotatable bonds is 20. The van der Waals surface area contributed by atoms with Crippen LogP contribution in [0.4, 0.5) is 0 Å². The molecular formula is C37H71N4O10+. The number of aliphatic hydroxyl groups is 4. The zero-order valence-corrected chi connectivity index (χ0v) is 31.4. The Hall–Kier alpha value is -1.01. The summed E-state index contributed by atoms with van der Waals surface area (Å²) in [4.78, 5) is 11.9. The van der Waals surface area contributed by atoms with Gasteiger partial charge in [-0.2, -0.15) is 0 Å². The molecule has 2 saturated carbocycles. The average Bonchev–Trinajstić information content (AvgIpc) is 3.08. The molecule has 0 amide bonds. The molecule has 4 fully saturated rings. The second kappa shape index (κ2) is 21.8. The molecule has 15 unspecified atom stereocenters. The molecule has 0 aromatic carbocycles. The number of methoxy groups -OCH3 is 1. The van der Waals surface area contributed by atoms with Gasteiger partial charge >= 0.3 is 0 Å². The Labute approximate surface area is 304 Å². The summed E-state index contributed by atoms with van der Waals surface area (Å²) in [6.07, 6.45) is 5.21. The van der Waals surface area contributed by atoms with Crippen molar-refractivity contribution in [1.82, 2.24) is 5.32 Å². The van der Waals surface area contributed by atoms with Crippen molar-refractivity contribution in [2.24, 2.45) is 29.4 Å². The number of quaternary nitrogens is 2. The first-order valence-corrected chi connectivity index (χ1v) is 19.9. The van der Waals surface area contributed by atoms with E-state index in [0.717, 1.165) is 58.0 Å². The van der Waals surface area contributed by atoms with Crippen LogP contribution in [-0.4, -0.2) is 134 Å². The maximum atomic E-state index is 11.9. The van der Waals surface area contributed by atoms with E-state index in [4.69, 9.17) is 24.7 Å². The van der Waals surface area contributed by atoms with Gasteiger partial charge in [0.15, 0.2) is 0 Å². The number of hydrogen-bond acceptors (Lipinski definition) is 12. The molecule has 0 radical (unpaired) electrons. The summed E-state index contributed by atoms with van der Waals surface area (Å²) in [5.41, 5.74) is 6.21. The number of carboxylic acids is 1. The maximum Gasteiger partial charge on any atom is 0.137 e. The Bertz CT molecular complexity index is 999. The van der Waals surface area contributed by atoms with E-state index in [1.54, 1.807) is 14.0 Å². The van der Waals surface area contributed by atoms with Crippen LogP contribution in [0.5, 0.6) is 0 Å². The summed E-state index contributed by atoms with van der Waals surface area (Å²) in [5, 5.41) is 61.5. The van der Waals surface area contributed by atoms with Crippen LogP contribution in [-0.2, 0) is 23.7 Å². The maximum absolute atomic E-state index is 11.9. The lowest BCUT2D eigenvalue weighted by molar-refractivity contribution is -0.701. The largest absolute Gasteiger partial charge is 0.550 e. The molecule has 0 aromatic heterocycles. The number of carbonyl (C=O) groups excluding carboxylic acids is 1. The van der Waals surface area contributed by atoms with Crippen LogP contribution < -0.4 is 26.8 Å². The molecule has 0 aromatic rings. The highest BCUT2D eigenvalue weighted by molar-refractivity contribution is 5.64. The summed E-state index contributed by atoms with van der Waals surface area (Å²) < 4.78 is 24.9. The van der Waals surface area contributed by atoms with Crippen LogP contribution in [0.1, 0.15) is 97.3 Å². The molecular weight excluding hydrogens is 660 g/mol.